The Morgan fingerprint density at radius 1 is 0.475 bits per heavy atom. The lowest BCUT2D eigenvalue weighted by molar-refractivity contribution is 0.0878. The Labute approximate surface area is 235 Å². The van der Waals surface area contributed by atoms with E-state index in [-0.39, 0.29) is 36.0 Å². The summed E-state index contributed by atoms with van der Waals surface area (Å²) in [6, 6.07) is 33.6. The molecular formula is C35H34O5. The number of ether oxygens (including phenoxy) is 1. The van der Waals surface area contributed by atoms with Crippen LogP contribution in [0.3, 0.4) is 0 Å². The predicted molar refractivity (Wildman–Crippen MR) is 157 cm³/mol. The predicted octanol–water partition coefficient (Wildman–Crippen LogP) is 7.85. The van der Waals surface area contributed by atoms with Gasteiger partial charge in [0, 0.05) is 22.3 Å². The molecule has 4 aromatic carbocycles. The van der Waals surface area contributed by atoms with Gasteiger partial charge in [0.25, 0.3) is 0 Å². The Kier molecular flexibility index (Phi) is 12.2. The van der Waals surface area contributed by atoms with Crippen molar-refractivity contribution in [3.8, 4) is 5.75 Å². The quantitative estimate of drug-likeness (QED) is 0.0991. The van der Waals surface area contributed by atoms with Gasteiger partial charge < -0.3 is 4.74 Å². The molecule has 5 heteroatoms. The number of hydrogen-bond acceptors (Lipinski definition) is 5. The number of rotatable bonds is 13. The van der Waals surface area contributed by atoms with Crippen molar-refractivity contribution in [1.82, 2.24) is 0 Å². The van der Waals surface area contributed by atoms with E-state index in [4.69, 9.17) is 4.74 Å². The molecule has 4 rings (SSSR count). The van der Waals surface area contributed by atoms with E-state index in [0.717, 1.165) is 25.0 Å². The minimum absolute atomic E-state index is 0.0754. The third kappa shape index (κ3) is 9.91. The monoisotopic (exact) mass is 534 g/mol. The molecule has 0 radical (unpaired) electrons. The van der Waals surface area contributed by atoms with Crippen LogP contribution in [-0.4, -0.2) is 29.7 Å². The highest BCUT2D eigenvalue weighted by atomic mass is 16.5. The number of benzene rings is 4. The van der Waals surface area contributed by atoms with Gasteiger partial charge in [0.05, 0.1) is 19.4 Å². The molecule has 0 unspecified atom stereocenters. The van der Waals surface area contributed by atoms with Crippen molar-refractivity contribution in [1.29, 1.82) is 0 Å². The Balaban J connectivity index is 0.000000230. The minimum atomic E-state index is -0.170. The van der Waals surface area contributed by atoms with Crippen molar-refractivity contribution in [3.63, 3.8) is 0 Å². The van der Waals surface area contributed by atoms with Crippen molar-refractivity contribution in [2.45, 2.75) is 39.0 Å². The SMILES string of the molecule is CCCCCOc1ccc(C(=O)CC(=O)c2ccccc2)cc1.O=C(CC(=O)c1ccccc1)c1ccccc1. The van der Waals surface area contributed by atoms with Crippen LogP contribution < -0.4 is 4.74 Å². The van der Waals surface area contributed by atoms with Crippen molar-refractivity contribution in [2.75, 3.05) is 6.61 Å². The first-order valence-electron chi connectivity index (χ1n) is 13.5. The first-order chi connectivity index (χ1) is 19.5. The molecule has 0 atom stereocenters. The number of unbranched alkanes of at least 4 members (excludes halogenated alkanes) is 2. The lowest BCUT2D eigenvalue weighted by atomic mass is 10.0. The van der Waals surface area contributed by atoms with Gasteiger partial charge in [0.1, 0.15) is 5.75 Å². The average molecular weight is 535 g/mol. The fourth-order valence-corrected chi connectivity index (χ4v) is 3.85. The molecule has 0 aliphatic heterocycles. The molecule has 4 aromatic rings. The maximum Gasteiger partial charge on any atom is 0.170 e. The van der Waals surface area contributed by atoms with Crippen LogP contribution >= 0.6 is 0 Å². The Morgan fingerprint density at radius 2 is 0.825 bits per heavy atom. The number of hydrogen-bond donors (Lipinski definition) is 0. The standard InChI is InChI=1S/C20H22O3.C15H12O2/c1-2-3-7-14-23-18-12-10-17(11-13-18)20(22)15-19(21)16-8-5-4-6-9-16;16-14(12-7-3-1-4-8-12)11-15(17)13-9-5-2-6-10-13/h4-6,8-13H,2-3,7,14-15H2,1H3;1-10H,11H2. The maximum atomic E-state index is 12.2. The lowest BCUT2D eigenvalue weighted by Gasteiger charge is -2.06. The van der Waals surface area contributed by atoms with Crippen LogP contribution in [0.1, 0.15) is 80.5 Å². The molecule has 0 bridgehead atoms. The van der Waals surface area contributed by atoms with Crippen LogP contribution in [0.25, 0.3) is 0 Å². The normalized spacial score (nSPS) is 10.1. The first-order valence-corrected chi connectivity index (χ1v) is 13.5. The van der Waals surface area contributed by atoms with E-state index in [9.17, 15) is 19.2 Å². The third-order valence-electron chi connectivity index (χ3n) is 6.12. The van der Waals surface area contributed by atoms with Gasteiger partial charge in [0.2, 0.25) is 0 Å². The molecule has 0 aliphatic rings. The molecule has 0 amide bonds. The van der Waals surface area contributed by atoms with E-state index in [2.05, 4.69) is 6.92 Å². The summed E-state index contributed by atoms with van der Waals surface area (Å²) in [6.07, 6.45) is 3.15. The molecule has 0 aromatic heterocycles. The molecule has 204 valence electrons. The Morgan fingerprint density at radius 3 is 1.18 bits per heavy atom. The van der Waals surface area contributed by atoms with Gasteiger partial charge in [-0.3, -0.25) is 19.2 Å². The summed E-state index contributed by atoms with van der Waals surface area (Å²) < 4.78 is 5.61. The zero-order chi connectivity index (χ0) is 28.6. The molecule has 0 spiro atoms. The largest absolute Gasteiger partial charge is 0.494 e. The Hall–Kier alpha value is -4.64. The number of Topliss-reactive ketones (excluding diaryl/α,β-unsaturated/α-hetero) is 4. The van der Waals surface area contributed by atoms with E-state index >= 15 is 0 Å². The number of carbonyl (C=O) groups is 4. The van der Waals surface area contributed by atoms with E-state index in [0.29, 0.717) is 28.9 Å². The molecule has 0 fully saturated rings. The molecule has 0 saturated carbocycles. The van der Waals surface area contributed by atoms with E-state index < -0.39 is 0 Å². The summed E-state index contributed by atoms with van der Waals surface area (Å²) >= 11 is 0. The molecule has 5 nitrogen and oxygen atoms in total. The number of ketones is 4. The molecule has 40 heavy (non-hydrogen) atoms. The zero-order valence-corrected chi connectivity index (χ0v) is 22.8. The van der Waals surface area contributed by atoms with Gasteiger partial charge in [-0.2, -0.15) is 0 Å². The molecular weight excluding hydrogens is 500 g/mol. The van der Waals surface area contributed by atoms with Gasteiger partial charge in [-0.25, -0.2) is 0 Å². The molecule has 0 aliphatic carbocycles. The highest BCUT2D eigenvalue weighted by Gasteiger charge is 2.14. The number of carbonyl (C=O) groups excluding carboxylic acids is 4. The van der Waals surface area contributed by atoms with Gasteiger partial charge in [-0.1, -0.05) is 111 Å². The van der Waals surface area contributed by atoms with Gasteiger partial charge in [-0.15, -0.1) is 0 Å². The molecule has 0 saturated heterocycles. The summed E-state index contributed by atoms with van der Waals surface area (Å²) in [4.78, 5) is 47.8. The van der Waals surface area contributed by atoms with Crippen LogP contribution in [0.4, 0.5) is 0 Å². The maximum absolute atomic E-state index is 12.2. The zero-order valence-electron chi connectivity index (χ0n) is 22.8. The molecule has 0 N–H and O–H groups in total. The highest BCUT2D eigenvalue weighted by molar-refractivity contribution is 6.14. The van der Waals surface area contributed by atoms with Crippen molar-refractivity contribution >= 4 is 23.1 Å². The average Bonchev–Trinajstić information content (AvgIpc) is 3.01. The van der Waals surface area contributed by atoms with Crippen molar-refractivity contribution in [2.24, 2.45) is 0 Å². The van der Waals surface area contributed by atoms with Crippen LogP contribution in [0, 0.1) is 0 Å². The Bertz CT molecular complexity index is 1310. The van der Waals surface area contributed by atoms with Crippen LogP contribution in [0.5, 0.6) is 5.75 Å². The van der Waals surface area contributed by atoms with Crippen molar-refractivity contribution in [3.05, 3.63) is 138 Å². The highest BCUT2D eigenvalue weighted by Crippen LogP contribution is 2.15. The lowest BCUT2D eigenvalue weighted by Crippen LogP contribution is -2.08. The van der Waals surface area contributed by atoms with Gasteiger partial charge in [0.15, 0.2) is 23.1 Å². The smallest absolute Gasteiger partial charge is 0.170 e. The summed E-state index contributed by atoms with van der Waals surface area (Å²) in [6.45, 7) is 2.84. The van der Waals surface area contributed by atoms with Crippen molar-refractivity contribution < 1.29 is 23.9 Å². The summed E-state index contributed by atoms with van der Waals surface area (Å²) in [7, 11) is 0. The fraction of sp³-hybridized carbons (Fsp3) is 0.200. The van der Waals surface area contributed by atoms with Gasteiger partial charge >= 0.3 is 0 Å². The van der Waals surface area contributed by atoms with Gasteiger partial charge in [-0.05, 0) is 30.7 Å². The second kappa shape index (κ2) is 16.4. The van der Waals surface area contributed by atoms with Crippen LogP contribution in [0.2, 0.25) is 0 Å². The van der Waals surface area contributed by atoms with Crippen LogP contribution in [0.15, 0.2) is 115 Å². The summed E-state index contributed by atoms with van der Waals surface area (Å²) in [5.74, 6) is 0.151. The fourth-order valence-electron chi connectivity index (χ4n) is 3.85. The topological polar surface area (TPSA) is 77.5 Å². The van der Waals surface area contributed by atoms with E-state index in [1.807, 2.05) is 18.2 Å². The molecule has 0 heterocycles. The summed E-state index contributed by atoms with van der Waals surface area (Å²) in [5, 5.41) is 0. The summed E-state index contributed by atoms with van der Waals surface area (Å²) in [5.41, 5.74) is 2.26. The van der Waals surface area contributed by atoms with Crippen LogP contribution in [-0.2, 0) is 0 Å². The second-order valence-corrected chi connectivity index (χ2v) is 9.22. The third-order valence-corrected chi connectivity index (χ3v) is 6.12. The van der Waals surface area contributed by atoms with E-state index in [1.165, 1.54) is 0 Å². The second-order valence-electron chi connectivity index (χ2n) is 9.22. The first kappa shape index (κ1) is 29.9. The minimum Gasteiger partial charge on any atom is -0.494 e. The van der Waals surface area contributed by atoms with E-state index in [1.54, 1.807) is 97.1 Å².